The molecule has 1 N–H and O–H groups in total. The SMILES string of the molecule is COc1cc(OC)c2c(=O)c(-c3cccnc3S(=O)(=O)O)c(-c3cc(OC)c(OC)c(OC)c3)oc2c1. The van der Waals surface area contributed by atoms with Crippen LogP contribution < -0.4 is 29.1 Å². The molecule has 37 heavy (non-hydrogen) atoms. The second-order valence-electron chi connectivity index (χ2n) is 7.58. The lowest BCUT2D eigenvalue weighted by atomic mass is 9.98. The van der Waals surface area contributed by atoms with Crippen LogP contribution in [0.15, 0.2) is 56.8 Å². The zero-order valence-electron chi connectivity index (χ0n) is 20.5. The standard InChI is InChI=1S/C25H23NO10S/c1-31-14-11-16(32-2)21-17(12-14)36-23(13-9-18(33-3)24(35-5)19(10-13)34-4)20(22(21)27)15-7-6-8-26-25(15)37(28,29)30/h6-12H,1-5H3,(H,28,29,30). The summed E-state index contributed by atoms with van der Waals surface area (Å²) in [5, 5.41) is -0.692. The van der Waals surface area contributed by atoms with Gasteiger partial charge >= 0.3 is 10.1 Å². The van der Waals surface area contributed by atoms with E-state index in [9.17, 15) is 17.8 Å². The molecule has 0 aliphatic carbocycles. The Bertz CT molecular complexity index is 1640. The number of methoxy groups -OCH3 is 5. The molecule has 0 radical (unpaired) electrons. The van der Waals surface area contributed by atoms with E-state index in [1.165, 1.54) is 78.1 Å². The van der Waals surface area contributed by atoms with Crippen LogP contribution in [0.5, 0.6) is 28.7 Å². The maximum atomic E-state index is 14.0. The van der Waals surface area contributed by atoms with Gasteiger partial charge in [-0.1, -0.05) is 0 Å². The molecule has 11 nitrogen and oxygen atoms in total. The third-order valence-electron chi connectivity index (χ3n) is 5.60. The van der Waals surface area contributed by atoms with Crippen LogP contribution in [-0.2, 0) is 10.1 Å². The summed E-state index contributed by atoms with van der Waals surface area (Å²) in [5.41, 5.74) is -0.614. The highest BCUT2D eigenvalue weighted by Crippen LogP contribution is 2.44. The highest BCUT2D eigenvalue weighted by Gasteiger charge is 2.28. The van der Waals surface area contributed by atoms with E-state index in [1.54, 1.807) is 0 Å². The van der Waals surface area contributed by atoms with E-state index in [0.29, 0.717) is 11.5 Å². The first kappa shape index (κ1) is 25.8. The van der Waals surface area contributed by atoms with Crippen LogP contribution in [0.3, 0.4) is 0 Å². The van der Waals surface area contributed by atoms with Gasteiger partial charge < -0.3 is 28.1 Å². The Morgan fingerprint density at radius 3 is 2.05 bits per heavy atom. The lowest BCUT2D eigenvalue weighted by Crippen LogP contribution is -2.12. The summed E-state index contributed by atoms with van der Waals surface area (Å²) in [4.78, 5) is 17.8. The van der Waals surface area contributed by atoms with E-state index < -0.39 is 20.6 Å². The summed E-state index contributed by atoms with van der Waals surface area (Å²) < 4.78 is 67.5. The molecular formula is C25H23NO10S. The van der Waals surface area contributed by atoms with Gasteiger partial charge in [0.05, 0.1) is 41.1 Å². The number of fused-ring (bicyclic) bond motifs is 1. The molecule has 0 bridgehead atoms. The van der Waals surface area contributed by atoms with Gasteiger partial charge in [-0.3, -0.25) is 9.35 Å². The fraction of sp³-hybridized carbons (Fsp3) is 0.200. The number of ether oxygens (including phenoxy) is 5. The molecule has 4 aromatic rings. The van der Waals surface area contributed by atoms with Crippen LogP contribution in [0.2, 0.25) is 0 Å². The van der Waals surface area contributed by atoms with Gasteiger partial charge in [0.15, 0.2) is 16.5 Å². The maximum Gasteiger partial charge on any atom is 0.312 e. The Kier molecular flexibility index (Phi) is 6.96. The van der Waals surface area contributed by atoms with Crippen molar-refractivity contribution in [2.24, 2.45) is 0 Å². The first-order chi connectivity index (χ1) is 17.7. The molecular weight excluding hydrogens is 506 g/mol. The number of hydrogen-bond donors (Lipinski definition) is 1. The molecule has 0 aliphatic heterocycles. The molecule has 4 rings (SSSR count). The molecule has 0 atom stereocenters. The van der Waals surface area contributed by atoms with E-state index in [0.717, 1.165) is 0 Å². The molecule has 194 valence electrons. The first-order valence-electron chi connectivity index (χ1n) is 10.6. The predicted molar refractivity (Wildman–Crippen MR) is 134 cm³/mol. The van der Waals surface area contributed by atoms with Crippen LogP contribution in [0.4, 0.5) is 0 Å². The highest BCUT2D eigenvalue weighted by molar-refractivity contribution is 7.85. The number of nitrogens with zero attached hydrogens (tertiary/aromatic N) is 1. The van der Waals surface area contributed by atoms with Crippen molar-refractivity contribution in [2.75, 3.05) is 35.5 Å². The van der Waals surface area contributed by atoms with Gasteiger partial charge in [0.2, 0.25) is 11.2 Å². The van der Waals surface area contributed by atoms with Crippen molar-refractivity contribution in [3.05, 3.63) is 52.8 Å². The minimum absolute atomic E-state index is 0.0274. The predicted octanol–water partition coefficient (Wildman–Crippen LogP) is 3.81. The smallest absolute Gasteiger partial charge is 0.312 e. The first-order valence-corrected chi connectivity index (χ1v) is 12.1. The number of hydrogen-bond acceptors (Lipinski definition) is 10. The van der Waals surface area contributed by atoms with Gasteiger partial charge in [-0.05, 0) is 24.3 Å². The van der Waals surface area contributed by atoms with Crippen molar-refractivity contribution < 1.29 is 41.1 Å². The Labute approximate surface area is 211 Å². The van der Waals surface area contributed by atoms with Gasteiger partial charge in [-0.25, -0.2) is 4.98 Å². The Morgan fingerprint density at radius 2 is 1.51 bits per heavy atom. The minimum atomic E-state index is -4.83. The molecule has 2 aromatic heterocycles. The molecule has 0 fully saturated rings. The van der Waals surface area contributed by atoms with Crippen molar-refractivity contribution in [1.82, 2.24) is 4.98 Å². The van der Waals surface area contributed by atoms with E-state index in [4.69, 9.17) is 28.1 Å². The third-order valence-corrected chi connectivity index (χ3v) is 6.41. The topological polar surface area (TPSA) is 144 Å². The zero-order chi connectivity index (χ0) is 26.9. The Hall–Kier alpha value is -4.29. The summed E-state index contributed by atoms with van der Waals surface area (Å²) in [7, 11) is 2.27. The number of pyridine rings is 1. The van der Waals surface area contributed by atoms with E-state index in [2.05, 4.69) is 4.98 Å². The van der Waals surface area contributed by atoms with Gasteiger partial charge in [0.1, 0.15) is 28.2 Å². The molecule has 0 amide bonds. The molecule has 0 spiro atoms. The minimum Gasteiger partial charge on any atom is -0.496 e. The third kappa shape index (κ3) is 4.52. The zero-order valence-corrected chi connectivity index (χ0v) is 21.3. The lowest BCUT2D eigenvalue weighted by Gasteiger charge is -2.17. The molecule has 2 heterocycles. The van der Waals surface area contributed by atoms with Crippen LogP contribution in [0, 0.1) is 0 Å². The Balaban J connectivity index is 2.24. The average molecular weight is 530 g/mol. The number of aromatic nitrogens is 1. The van der Waals surface area contributed by atoms with E-state index in [-0.39, 0.29) is 50.7 Å². The number of rotatable bonds is 8. The Morgan fingerprint density at radius 1 is 0.865 bits per heavy atom. The van der Waals surface area contributed by atoms with Crippen LogP contribution in [0.25, 0.3) is 33.4 Å². The summed E-state index contributed by atoms with van der Waals surface area (Å²) in [6, 6.07) is 8.84. The summed E-state index contributed by atoms with van der Waals surface area (Å²) >= 11 is 0. The quantitative estimate of drug-likeness (QED) is 0.333. The summed E-state index contributed by atoms with van der Waals surface area (Å²) in [6.45, 7) is 0. The van der Waals surface area contributed by atoms with Crippen molar-refractivity contribution in [3.63, 3.8) is 0 Å². The van der Waals surface area contributed by atoms with Crippen molar-refractivity contribution >= 4 is 21.1 Å². The average Bonchev–Trinajstić information content (AvgIpc) is 2.90. The maximum absolute atomic E-state index is 14.0. The molecule has 12 heteroatoms. The second kappa shape index (κ2) is 9.99. The normalized spacial score (nSPS) is 11.3. The van der Waals surface area contributed by atoms with Crippen LogP contribution in [0.1, 0.15) is 0 Å². The largest absolute Gasteiger partial charge is 0.496 e. The van der Waals surface area contributed by atoms with E-state index >= 15 is 0 Å². The molecule has 0 unspecified atom stereocenters. The van der Waals surface area contributed by atoms with Gasteiger partial charge in [-0.15, -0.1) is 0 Å². The summed E-state index contributed by atoms with van der Waals surface area (Å²) in [6.07, 6.45) is 1.18. The van der Waals surface area contributed by atoms with Crippen LogP contribution in [-0.4, -0.2) is 53.5 Å². The molecule has 2 aromatic carbocycles. The second-order valence-corrected chi connectivity index (χ2v) is 8.92. The van der Waals surface area contributed by atoms with Gasteiger partial charge in [0, 0.05) is 29.5 Å². The van der Waals surface area contributed by atoms with E-state index in [1.807, 2.05) is 0 Å². The fourth-order valence-electron chi connectivity index (χ4n) is 3.98. The van der Waals surface area contributed by atoms with Crippen molar-refractivity contribution in [1.29, 1.82) is 0 Å². The monoisotopic (exact) mass is 529 g/mol. The molecule has 0 saturated carbocycles. The summed E-state index contributed by atoms with van der Waals surface area (Å²) in [5.74, 6) is 1.26. The fourth-order valence-corrected chi connectivity index (χ4v) is 4.63. The molecule has 0 aliphatic rings. The van der Waals surface area contributed by atoms with Gasteiger partial charge in [-0.2, -0.15) is 8.42 Å². The molecule has 0 saturated heterocycles. The van der Waals surface area contributed by atoms with Crippen molar-refractivity contribution in [2.45, 2.75) is 5.03 Å². The highest BCUT2D eigenvalue weighted by atomic mass is 32.2. The van der Waals surface area contributed by atoms with Crippen molar-refractivity contribution in [3.8, 4) is 51.2 Å². The lowest BCUT2D eigenvalue weighted by molar-refractivity contribution is 0.324. The van der Waals surface area contributed by atoms with Gasteiger partial charge in [0.25, 0.3) is 0 Å². The van der Waals surface area contributed by atoms with Crippen LogP contribution >= 0.6 is 0 Å². The number of benzene rings is 2.